The van der Waals surface area contributed by atoms with Crippen molar-refractivity contribution in [2.24, 2.45) is 0 Å². The van der Waals surface area contributed by atoms with Gasteiger partial charge in [0.1, 0.15) is 17.3 Å². The van der Waals surface area contributed by atoms with E-state index in [9.17, 15) is 4.79 Å². The predicted molar refractivity (Wildman–Crippen MR) is 77.8 cm³/mol. The molecule has 0 spiro atoms. The van der Waals surface area contributed by atoms with E-state index in [0.717, 1.165) is 12.2 Å². The molecule has 1 atom stereocenters. The number of nitrogen functional groups attached to an aromatic ring is 1. The third-order valence-corrected chi connectivity index (χ3v) is 2.85. The van der Waals surface area contributed by atoms with Crippen molar-refractivity contribution < 1.29 is 9.53 Å². The second-order valence-electron chi connectivity index (χ2n) is 4.53. The van der Waals surface area contributed by atoms with E-state index in [1.807, 2.05) is 19.1 Å². The van der Waals surface area contributed by atoms with Gasteiger partial charge in [0.2, 0.25) is 0 Å². The summed E-state index contributed by atoms with van der Waals surface area (Å²) in [6.45, 7) is 4.05. The van der Waals surface area contributed by atoms with Crippen LogP contribution in [0.1, 0.15) is 30.8 Å². The molecule has 0 aliphatic carbocycles. The number of anilines is 2. The Balaban J connectivity index is 2.06. The number of rotatable bonds is 5. The summed E-state index contributed by atoms with van der Waals surface area (Å²) in [5.74, 6) is 0.708. The van der Waals surface area contributed by atoms with Gasteiger partial charge in [-0.2, -0.15) is 5.10 Å². The first-order valence-electron chi connectivity index (χ1n) is 6.47. The Labute approximate surface area is 117 Å². The lowest BCUT2D eigenvalue weighted by atomic mass is 10.2. The Morgan fingerprint density at radius 3 is 2.95 bits per heavy atom. The summed E-state index contributed by atoms with van der Waals surface area (Å²) in [5.41, 5.74) is 6.43. The van der Waals surface area contributed by atoms with Crippen LogP contribution >= 0.6 is 0 Å². The standard InChI is InChI=1S/C14H18N4O2/c1-3-9(2)20-11-6-4-5-10(7-11)16-14(19)12-8-13(15)18-17-12/h4-9H,3H2,1-2H3,(H,16,19)(H3,15,17,18). The molecule has 0 fully saturated rings. The Kier molecular flexibility index (Phi) is 4.24. The molecule has 20 heavy (non-hydrogen) atoms. The number of aromatic nitrogens is 2. The maximum atomic E-state index is 11.9. The van der Waals surface area contributed by atoms with Crippen LogP contribution in [0, 0.1) is 0 Å². The minimum atomic E-state index is -0.296. The first kappa shape index (κ1) is 13.9. The van der Waals surface area contributed by atoms with Gasteiger partial charge < -0.3 is 15.8 Å². The molecule has 1 unspecified atom stereocenters. The highest BCUT2D eigenvalue weighted by atomic mass is 16.5. The average Bonchev–Trinajstić information content (AvgIpc) is 2.86. The number of nitrogens with zero attached hydrogens (tertiary/aromatic N) is 1. The van der Waals surface area contributed by atoms with Gasteiger partial charge in [-0.15, -0.1) is 0 Å². The van der Waals surface area contributed by atoms with Gasteiger partial charge in [-0.3, -0.25) is 9.89 Å². The predicted octanol–water partition coefficient (Wildman–Crippen LogP) is 2.42. The number of carbonyl (C=O) groups excluding carboxylic acids is 1. The summed E-state index contributed by atoms with van der Waals surface area (Å²) < 4.78 is 5.70. The Morgan fingerprint density at radius 1 is 1.50 bits per heavy atom. The van der Waals surface area contributed by atoms with Crippen LogP contribution in [0.15, 0.2) is 30.3 Å². The van der Waals surface area contributed by atoms with Crippen molar-refractivity contribution in [1.82, 2.24) is 10.2 Å². The molecule has 0 aliphatic rings. The summed E-state index contributed by atoms with van der Waals surface area (Å²) in [5, 5.41) is 9.04. The van der Waals surface area contributed by atoms with Gasteiger partial charge in [0.15, 0.2) is 0 Å². The lowest BCUT2D eigenvalue weighted by Gasteiger charge is -2.13. The van der Waals surface area contributed by atoms with E-state index in [-0.39, 0.29) is 17.8 Å². The molecule has 1 aromatic heterocycles. The van der Waals surface area contributed by atoms with Crippen molar-refractivity contribution in [1.29, 1.82) is 0 Å². The normalized spacial score (nSPS) is 11.9. The number of amides is 1. The van der Waals surface area contributed by atoms with E-state index >= 15 is 0 Å². The summed E-state index contributed by atoms with van der Waals surface area (Å²) >= 11 is 0. The van der Waals surface area contributed by atoms with E-state index in [2.05, 4.69) is 22.4 Å². The van der Waals surface area contributed by atoms with Crippen molar-refractivity contribution in [3.63, 3.8) is 0 Å². The van der Waals surface area contributed by atoms with Crippen molar-refractivity contribution >= 4 is 17.4 Å². The number of nitrogens with one attached hydrogen (secondary N) is 2. The lowest BCUT2D eigenvalue weighted by molar-refractivity contribution is 0.102. The first-order valence-corrected chi connectivity index (χ1v) is 6.47. The van der Waals surface area contributed by atoms with Crippen LogP contribution in [-0.2, 0) is 0 Å². The molecule has 1 aromatic carbocycles. The molecule has 0 aliphatic heterocycles. The average molecular weight is 274 g/mol. The molecule has 106 valence electrons. The van der Waals surface area contributed by atoms with Gasteiger partial charge in [0.05, 0.1) is 6.10 Å². The topological polar surface area (TPSA) is 93.0 Å². The van der Waals surface area contributed by atoms with Crippen LogP contribution in [0.2, 0.25) is 0 Å². The number of carbonyl (C=O) groups is 1. The number of benzene rings is 1. The van der Waals surface area contributed by atoms with E-state index in [1.54, 1.807) is 12.1 Å². The molecule has 2 rings (SSSR count). The third kappa shape index (κ3) is 3.50. The van der Waals surface area contributed by atoms with Crippen molar-refractivity contribution in [3.05, 3.63) is 36.0 Å². The van der Waals surface area contributed by atoms with E-state index in [0.29, 0.717) is 11.4 Å². The fourth-order valence-electron chi connectivity index (χ4n) is 1.61. The fraction of sp³-hybridized carbons (Fsp3) is 0.286. The van der Waals surface area contributed by atoms with Crippen LogP contribution in [0.5, 0.6) is 5.75 Å². The van der Waals surface area contributed by atoms with Crippen molar-refractivity contribution in [2.45, 2.75) is 26.4 Å². The zero-order chi connectivity index (χ0) is 14.5. The molecule has 1 amide bonds. The quantitative estimate of drug-likeness (QED) is 0.780. The molecule has 0 saturated carbocycles. The summed E-state index contributed by atoms with van der Waals surface area (Å²) in [6, 6.07) is 8.74. The van der Waals surface area contributed by atoms with Gasteiger partial charge in [-0.05, 0) is 25.5 Å². The molecule has 0 bridgehead atoms. The largest absolute Gasteiger partial charge is 0.491 e. The summed E-state index contributed by atoms with van der Waals surface area (Å²) in [4.78, 5) is 11.9. The zero-order valence-electron chi connectivity index (χ0n) is 11.5. The van der Waals surface area contributed by atoms with Crippen molar-refractivity contribution in [2.75, 3.05) is 11.1 Å². The Bertz CT molecular complexity index is 594. The maximum absolute atomic E-state index is 11.9. The smallest absolute Gasteiger partial charge is 0.273 e. The van der Waals surface area contributed by atoms with E-state index < -0.39 is 0 Å². The van der Waals surface area contributed by atoms with E-state index in [1.165, 1.54) is 6.07 Å². The summed E-state index contributed by atoms with van der Waals surface area (Å²) in [7, 11) is 0. The van der Waals surface area contributed by atoms with Crippen molar-refractivity contribution in [3.8, 4) is 5.75 Å². The highest BCUT2D eigenvalue weighted by Crippen LogP contribution is 2.19. The van der Waals surface area contributed by atoms with Crippen LogP contribution in [0.4, 0.5) is 11.5 Å². The maximum Gasteiger partial charge on any atom is 0.273 e. The lowest BCUT2D eigenvalue weighted by Crippen LogP contribution is -2.13. The zero-order valence-corrected chi connectivity index (χ0v) is 11.5. The van der Waals surface area contributed by atoms with Crippen LogP contribution < -0.4 is 15.8 Å². The molecule has 2 aromatic rings. The Morgan fingerprint density at radius 2 is 2.30 bits per heavy atom. The van der Waals surface area contributed by atoms with Crippen LogP contribution in [0.25, 0.3) is 0 Å². The minimum Gasteiger partial charge on any atom is -0.491 e. The van der Waals surface area contributed by atoms with Crippen LogP contribution in [-0.4, -0.2) is 22.2 Å². The van der Waals surface area contributed by atoms with Gasteiger partial charge in [-0.1, -0.05) is 13.0 Å². The van der Waals surface area contributed by atoms with E-state index in [4.69, 9.17) is 10.5 Å². The molecule has 6 nitrogen and oxygen atoms in total. The van der Waals surface area contributed by atoms with Gasteiger partial charge >= 0.3 is 0 Å². The number of ether oxygens (including phenoxy) is 1. The SMILES string of the molecule is CCC(C)Oc1cccc(NC(=O)c2cc(N)n[nH]2)c1. The van der Waals surface area contributed by atoms with Crippen LogP contribution in [0.3, 0.4) is 0 Å². The number of hydrogen-bond acceptors (Lipinski definition) is 4. The molecule has 1 heterocycles. The molecule has 4 N–H and O–H groups in total. The second-order valence-corrected chi connectivity index (χ2v) is 4.53. The highest BCUT2D eigenvalue weighted by Gasteiger charge is 2.09. The molecule has 6 heteroatoms. The third-order valence-electron chi connectivity index (χ3n) is 2.85. The molecular weight excluding hydrogens is 256 g/mol. The molecular formula is C14H18N4O2. The monoisotopic (exact) mass is 274 g/mol. The molecule has 0 saturated heterocycles. The molecule has 0 radical (unpaired) electrons. The second kappa shape index (κ2) is 6.10. The summed E-state index contributed by atoms with van der Waals surface area (Å²) in [6.07, 6.45) is 1.05. The van der Waals surface area contributed by atoms with Gasteiger partial charge in [0.25, 0.3) is 5.91 Å². The Hall–Kier alpha value is -2.50. The number of H-pyrrole nitrogens is 1. The fourth-order valence-corrected chi connectivity index (χ4v) is 1.61. The van der Waals surface area contributed by atoms with Gasteiger partial charge in [-0.25, -0.2) is 0 Å². The highest BCUT2D eigenvalue weighted by molar-refractivity contribution is 6.03. The minimum absolute atomic E-state index is 0.133. The van der Waals surface area contributed by atoms with Gasteiger partial charge in [0, 0.05) is 17.8 Å². The number of hydrogen-bond donors (Lipinski definition) is 3. The number of aromatic amines is 1. The first-order chi connectivity index (χ1) is 9.58. The number of nitrogens with two attached hydrogens (primary N) is 1.